The molecule has 0 saturated carbocycles. The Hall–Kier alpha value is 0.110. The van der Waals surface area contributed by atoms with Crippen LogP contribution in [0, 0.1) is 11.8 Å². The molecule has 3 atom stereocenters. The quantitative estimate of drug-likeness (QED) is 0.357. The zero-order valence-corrected chi connectivity index (χ0v) is 15.1. The second-order valence-electron chi connectivity index (χ2n) is 6.20. The van der Waals surface area contributed by atoms with E-state index in [4.69, 9.17) is 4.52 Å². The van der Waals surface area contributed by atoms with Gasteiger partial charge in [0.1, 0.15) is 0 Å². The molecule has 0 saturated heterocycles. The van der Waals surface area contributed by atoms with Crippen LogP contribution in [-0.4, -0.2) is 15.9 Å². The van der Waals surface area contributed by atoms with Gasteiger partial charge in [-0.1, -0.05) is 72.6 Å². The highest BCUT2D eigenvalue weighted by atomic mass is 31.2. The van der Waals surface area contributed by atoms with Crippen molar-refractivity contribution in [1.29, 1.82) is 0 Å². The van der Waals surface area contributed by atoms with Gasteiger partial charge in [-0.15, -0.1) is 0 Å². The molecule has 4 nitrogen and oxygen atoms in total. The molecule has 21 heavy (non-hydrogen) atoms. The van der Waals surface area contributed by atoms with Crippen molar-refractivity contribution in [3.05, 3.63) is 0 Å². The molecule has 0 radical (unpaired) electrons. The number of phosphoric ester groups is 1. The van der Waals surface area contributed by atoms with Crippen LogP contribution < -0.4 is 0 Å². The smallest absolute Gasteiger partial charge is 0.303 e. The summed E-state index contributed by atoms with van der Waals surface area (Å²) in [6, 6.07) is 0. The van der Waals surface area contributed by atoms with Crippen molar-refractivity contribution in [3.8, 4) is 0 Å². The van der Waals surface area contributed by atoms with Gasteiger partial charge in [0.2, 0.25) is 0 Å². The summed E-state index contributed by atoms with van der Waals surface area (Å²) in [5, 5.41) is 0. The van der Waals surface area contributed by atoms with Gasteiger partial charge in [-0.2, -0.15) is 0 Å². The molecule has 0 rings (SSSR count). The van der Waals surface area contributed by atoms with E-state index >= 15 is 0 Å². The van der Waals surface area contributed by atoms with E-state index in [-0.39, 0.29) is 17.9 Å². The summed E-state index contributed by atoms with van der Waals surface area (Å²) in [5.41, 5.74) is 0. The maximum atomic E-state index is 11.3. The molecule has 0 spiro atoms. The third-order valence-corrected chi connectivity index (χ3v) is 4.77. The van der Waals surface area contributed by atoms with E-state index in [1.807, 2.05) is 0 Å². The topological polar surface area (TPSA) is 66.8 Å². The van der Waals surface area contributed by atoms with Crippen LogP contribution in [0.2, 0.25) is 0 Å². The SMILES string of the molecule is CCCCCCC(C)C(OP(=O)(O)O)C(CC)CCCC. The minimum Gasteiger partial charge on any atom is -0.303 e. The molecule has 2 N–H and O–H groups in total. The monoisotopic (exact) mass is 322 g/mol. The molecule has 3 unspecified atom stereocenters. The highest BCUT2D eigenvalue weighted by Crippen LogP contribution is 2.43. The molecule has 0 aliphatic heterocycles. The van der Waals surface area contributed by atoms with Crippen LogP contribution in [0.15, 0.2) is 0 Å². The summed E-state index contributed by atoms with van der Waals surface area (Å²) in [6.45, 7) is 8.47. The standard InChI is InChI=1S/C16H35O4P/c1-5-8-10-11-12-14(4)16(20-21(17,18)19)15(7-3)13-9-6-2/h14-16H,5-13H2,1-4H3,(H2,17,18,19). The van der Waals surface area contributed by atoms with Crippen LogP contribution in [0.25, 0.3) is 0 Å². The van der Waals surface area contributed by atoms with Crippen molar-refractivity contribution in [2.24, 2.45) is 11.8 Å². The second kappa shape index (κ2) is 11.6. The van der Waals surface area contributed by atoms with Gasteiger partial charge in [-0.25, -0.2) is 4.57 Å². The predicted molar refractivity (Wildman–Crippen MR) is 88.1 cm³/mol. The van der Waals surface area contributed by atoms with E-state index in [1.54, 1.807) is 0 Å². The minimum atomic E-state index is -4.42. The highest BCUT2D eigenvalue weighted by molar-refractivity contribution is 7.46. The first-order valence-electron chi connectivity index (χ1n) is 8.59. The lowest BCUT2D eigenvalue weighted by Crippen LogP contribution is -2.30. The van der Waals surface area contributed by atoms with Crippen molar-refractivity contribution in [2.75, 3.05) is 0 Å². The summed E-state index contributed by atoms with van der Waals surface area (Å²) in [4.78, 5) is 18.4. The molecule has 0 amide bonds. The Morgan fingerprint density at radius 3 is 2.05 bits per heavy atom. The van der Waals surface area contributed by atoms with E-state index in [0.29, 0.717) is 0 Å². The Kier molecular flexibility index (Phi) is 11.7. The number of rotatable bonds is 13. The van der Waals surface area contributed by atoms with Crippen LogP contribution in [0.5, 0.6) is 0 Å². The Morgan fingerprint density at radius 2 is 1.57 bits per heavy atom. The average Bonchev–Trinajstić information content (AvgIpc) is 2.41. The highest BCUT2D eigenvalue weighted by Gasteiger charge is 2.32. The molecule has 0 heterocycles. The Balaban J connectivity index is 4.64. The molecular weight excluding hydrogens is 287 g/mol. The Morgan fingerprint density at radius 1 is 0.952 bits per heavy atom. The average molecular weight is 322 g/mol. The van der Waals surface area contributed by atoms with Crippen molar-refractivity contribution in [3.63, 3.8) is 0 Å². The van der Waals surface area contributed by atoms with Gasteiger partial charge in [-0.05, 0) is 24.7 Å². The van der Waals surface area contributed by atoms with Gasteiger partial charge in [0, 0.05) is 0 Å². The van der Waals surface area contributed by atoms with Gasteiger partial charge >= 0.3 is 7.82 Å². The van der Waals surface area contributed by atoms with Crippen LogP contribution in [-0.2, 0) is 9.09 Å². The molecular formula is C16H35O4P. The van der Waals surface area contributed by atoms with Crippen molar-refractivity contribution in [1.82, 2.24) is 0 Å². The lowest BCUT2D eigenvalue weighted by atomic mass is 9.84. The van der Waals surface area contributed by atoms with Crippen molar-refractivity contribution >= 4 is 7.82 Å². The summed E-state index contributed by atoms with van der Waals surface area (Å²) < 4.78 is 16.5. The minimum absolute atomic E-state index is 0.191. The summed E-state index contributed by atoms with van der Waals surface area (Å²) >= 11 is 0. The summed E-state index contributed by atoms with van der Waals surface area (Å²) in [6.07, 6.45) is 9.45. The maximum Gasteiger partial charge on any atom is 0.469 e. The number of hydrogen-bond acceptors (Lipinski definition) is 2. The molecule has 0 aliphatic rings. The molecule has 0 aromatic carbocycles. The van der Waals surface area contributed by atoms with Crippen LogP contribution >= 0.6 is 7.82 Å². The normalized spacial score (nSPS) is 16.7. The van der Waals surface area contributed by atoms with Gasteiger partial charge in [0.25, 0.3) is 0 Å². The van der Waals surface area contributed by atoms with Crippen molar-refractivity contribution < 1.29 is 18.9 Å². The molecule has 0 fully saturated rings. The lowest BCUT2D eigenvalue weighted by Gasteiger charge is -2.31. The van der Waals surface area contributed by atoms with Gasteiger partial charge in [-0.3, -0.25) is 4.52 Å². The van der Waals surface area contributed by atoms with Crippen LogP contribution in [0.4, 0.5) is 0 Å². The lowest BCUT2D eigenvalue weighted by molar-refractivity contribution is 0.0389. The molecule has 0 bridgehead atoms. The second-order valence-corrected chi connectivity index (χ2v) is 7.39. The predicted octanol–water partition coefficient (Wildman–Crippen LogP) is 5.29. The van der Waals surface area contributed by atoms with Gasteiger partial charge < -0.3 is 9.79 Å². The van der Waals surface area contributed by atoms with E-state index in [2.05, 4.69) is 27.7 Å². The van der Waals surface area contributed by atoms with E-state index in [0.717, 1.165) is 38.5 Å². The van der Waals surface area contributed by atoms with Crippen molar-refractivity contribution in [2.45, 2.75) is 91.6 Å². The zero-order chi connectivity index (χ0) is 16.3. The fourth-order valence-corrected chi connectivity index (χ4v) is 3.63. The number of unbranched alkanes of at least 4 members (excludes halogenated alkanes) is 4. The molecule has 5 heteroatoms. The maximum absolute atomic E-state index is 11.3. The number of phosphoric acid groups is 1. The third kappa shape index (κ3) is 10.5. The Bertz CT molecular complexity index is 290. The van der Waals surface area contributed by atoms with Crippen LogP contribution in [0.3, 0.4) is 0 Å². The zero-order valence-electron chi connectivity index (χ0n) is 14.3. The third-order valence-electron chi connectivity index (χ3n) is 4.25. The van der Waals surface area contributed by atoms with Gasteiger partial charge in [0.15, 0.2) is 0 Å². The molecule has 128 valence electrons. The van der Waals surface area contributed by atoms with Crippen LogP contribution in [0.1, 0.15) is 85.5 Å². The molecule has 0 aromatic rings. The molecule has 0 aliphatic carbocycles. The summed E-state index contributed by atoms with van der Waals surface area (Å²) in [5.74, 6) is 0.426. The number of hydrogen-bond donors (Lipinski definition) is 2. The first kappa shape index (κ1) is 21.1. The van der Waals surface area contributed by atoms with E-state index in [9.17, 15) is 14.4 Å². The Labute approximate surface area is 130 Å². The van der Waals surface area contributed by atoms with Gasteiger partial charge in [0.05, 0.1) is 6.10 Å². The first-order chi connectivity index (χ1) is 9.85. The van der Waals surface area contributed by atoms with E-state index < -0.39 is 7.82 Å². The molecule has 0 aromatic heterocycles. The largest absolute Gasteiger partial charge is 0.469 e. The van der Waals surface area contributed by atoms with E-state index in [1.165, 1.54) is 19.3 Å². The fourth-order valence-electron chi connectivity index (χ4n) is 2.94. The fraction of sp³-hybridized carbons (Fsp3) is 1.00. The summed E-state index contributed by atoms with van der Waals surface area (Å²) in [7, 11) is -4.42. The first-order valence-corrected chi connectivity index (χ1v) is 10.1.